The van der Waals surface area contributed by atoms with Gasteiger partial charge in [0.1, 0.15) is 0 Å². The van der Waals surface area contributed by atoms with Gasteiger partial charge in [0.05, 0.1) is 18.3 Å². The molecule has 1 aromatic carbocycles. The number of rotatable bonds is 3. The van der Waals surface area contributed by atoms with Gasteiger partial charge >= 0.3 is 0 Å². The zero-order valence-electron chi connectivity index (χ0n) is 12.1. The van der Waals surface area contributed by atoms with Gasteiger partial charge in [-0.1, -0.05) is 32.0 Å². The van der Waals surface area contributed by atoms with Gasteiger partial charge in [-0.05, 0) is 36.5 Å². The van der Waals surface area contributed by atoms with E-state index in [0.717, 1.165) is 6.42 Å². The molecule has 0 N–H and O–H groups in total. The van der Waals surface area contributed by atoms with Crippen LogP contribution in [0.5, 0.6) is 0 Å². The summed E-state index contributed by atoms with van der Waals surface area (Å²) in [5.41, 5.74) is 4.02. The second-order valence-corrected chi connectivity index (χ2v) is 5.95. The zero-order chi connectivity index (χ0) is 13.3. The Morgan fingerprint density at radius 3 is 2.67 bits per heavy atom. The fourth-order valence-electron chi connectivity index (χ4n) is 2.59. The van der Waals surface area contributed by atoms with E-state index in [1.54, 1.807) is 7.11 Å². The van der Waals surface area contributed by atoms with E-state index in [4.69, 9.17) is 9.47 Å². The van der Waals surface area contributed by atoms with Crippen molar-refractivity contribution in [3.63, 3.8) is 0 Å². The summed E-state index contributed by atoms with van der Waals surface area (Å²) in [5, 5.41) is 0. The molecular weight excluding hydrogens is 224 g/mol. The topological polar surface area (TPSA) is 18.5 Å². The zero-order valence-corrected chi connectivity index (χ0v) is 12.1. The molecule has 0 amide bonds. The standard InChI is InChI=1S/C16H24O2/c1-11(2)13-8-6-7-12-10-18-15(9-14(12)13)16(3,4)17-5/h6-8,11,15H,9-10H2,1-5H3. The van der Waals surface area contributed by atoms with Crippen LogP contribution in [0.4, 0.5) is 0 Å². The highest BCUT2D eigenvalue weighted by atomic mass is 16.5. The van der Waals surface area contributed by atoms with Gasteiger partial charge in [0.2, 0.25) is 0 Å². The first-order valence-electron chi connectivity index (χ1n) is 6.73. The summed E-state index contributed by atoms with van der Waals surface area (Å²) >= 11 is 0. The average Bonchev–Trinajstić information content (AvgIpc) is 2.37. The minimum atomic E-state index is -0.234. The molecule has 0 bridgehead atoms. The lowest BCUT2D eigenvalue weighted by molar-refractivity contribution is -0.120. The number of fused-ring (bicyclic) bond motifs is 1. The lowest BCUT2D eigenvalue weighted by Gasteiger charge is -2.37. The number of hydrogen-bond donors (Lipinski definition) is 0. The van der Waals surface area contributed by atoms with E-state index in [1.807, 2.05) is 0 Å². The molecule has 1 unspecified atom stereocenters. The molecule has 0 aliphatic carbocycles. The molecule has 2 nitrogen and oxygen atoms in total. The van der Waals surface area contributed by atoms with Gasteiger partial charge in [-0.3, -0.25) is 0 Å². The number of ether oxygens (including phenoxy) is 2. The molecule has 1 aliphatic rings. The molecule has 2 rings (SSSR count). The fraction of sp³-hybridized carbons (Fsp3) is 0.625. The molecule has 0 saturated heterocycles. The molecule has 100 valence electrons. The molecule has 1 aliphatic heterocycles. The minimum Gasteiger partial charge on any atom is -0.376 e. The summed E-state index contributed by atoms with van der Waals surface area (Å²) in [5.74, 6) is 0.560. The first kappa shape index (κ1) is 13.6. The third-order valence-electron chi connectivity index (χ3n) is 4.06. The van der Waals surface area contributed by atoms with Crippen LogP contribution in [0.15, 0.2) is 18.2 Å². The number of methoxy groups -OCH3 is 1. The predicted octanol–water partition coefficient (Wildman–Crippen LogP) is 3.68. The highest BCUT2D eigenvalue weighted by Gasteiger charge is 2.34. The molecule has 1 atom stereocenters. The summed E-state index contributed by atoms with van der Waals surface area (Å²) in [7, 11) is 1.76. The predicted molar refractivity (Wildman–Crippen MR) is 73.9 cm³/mol. The van der Waals surface area contributed by atoms with Gasteiger partial charge in [0.15, 0.2) is 0 Å². The van der Waals surface area contributed by atoms with Gasteiger partial charge in [0, 0.05) is 13.5 Å². The van der Waals surface area contributed by atoms with E-state index in [0.29, 0.717) is 12.5 Å². The molecule has 0 aromatic heterocycles. The van der Waals surface area contributed by atoms with Crippen LogP contribution < -0.4 is 0 Å². The molecule has 0 saturated carbocycles. The van der Waals surface area contributed by atoms with Crippen LogP contribution in [0.3, 0.4) is 0 Å². The van der Waals surface area contributed by atoms with E-state index < -0.39 is 0 Å². The van der Waals surface area contributed by atoms with Crippen molar-refractivity contribution in [2.75, 3.05) is 7.11 Å². The van der Waals surface area contributed by atoms with Gasteiger partial charge < -0.3 is 9.47 Å². The van der Waals surface area contributed by atoms with E-state index in [2.05, 4.69) is 45.9 Å². The van der Waals surface area contributed by atoms with Crippen LogP contribution in [-0.4, -0.2) is 18.8 Å². The maximum absolute atomic E-state index is 5.97. The van der Waals surface area contributed by atoms with E-state index in [-0.39, 0.29) is 11.7 Å². The monoisotopic (exact) mass is 248 g/mol. The molecule has 1 heterocycles. The average molecular weight is 248 g/mol. The third-order valence-corrected chi connectivity index (χ3v) is 4.06. The van der Waals surface area contributed by atoms with Crippen molar-refractivity contribution in [1.29, 1.82) is 0 Å². The Morgan fingerprint density at radius 2 is 2.06 bits per heavy atom. The molecule has 18 heavy (non-hydrogen) atoms. The highest BCUT2D eigenvalue weighted by molar-refractivity contribution is 5.38. The Morgan fingerprint density at radius 1 is 1.33 bits per heavy atom. The Balaban J connectivity index is 2.33. The van der Waals surface area contributed by atoms with Crippen molar-refractivity contribution in [2.24, 2.45) is 0 Å². The van der Waals surface area contributed by atoms with Gasteiger partial charge in [-0.15, -0.1) is 0 Å². The summed E-state index contributed by atoms with van der Waals surface area (Å²) in [6.07, 6.45) is 1.08. The molecule has 0 fully saturated rings. The van der Waals surface area contributed by atoms with Crippen molar-refractivity contribution in [2.45, 2.75) is 58.3 Å². The van der Waals surface area contributed by atoms with Crippen LogP contribution in [0.2, 0.25) is 0 Å². The van der Waals surface area contributed by atoms with Crippen LogP contribution in [0.25, 0.3) is 0 Å². The Hall–Kier alpha value is -0.860. The first-order valence-corrected chi connectivity index (χ1v) is 6.73. The molecule has 2 heteroatoms. The number of benzene rings is 1. The maximum Gasteiger partial charge on any atom is 0.0904 e. The number of hydrogen-bond acceptors (Lipinski definition) is 2. The lowest BCUT2D eigenvalue weighted by atomic mass is 9.85. The van der Waals surface area contributed by atoms with Crippen LogP contribution in [-0.2, 0) is 22.5 Å². The smallest absolute Gasteiger partial charge is 0.0904 e. The summed E-state index contributed by atoms with van der Waals surface area (Å²) in [4.78, 5) is 0. The third kappa shape index (κ3) is 2.45. The van der Waals surface area contributed by atoms with Crippen molar-refractivity contribution in [3.8, 4) is 0 Å². The lowest BCUT2D eigenvalue weighted by Crippen LogP contribution is -2.43. The van der Waals surface area contributed by atoms with Crippen LogP contribution in [0.1, 0.15) is 50.3 Å². The van der Waals surface area contributed by atoms with Crippen molar-refractivity contribution >= 4 is 0 Å². The largest absolute Gasteiger partial charge is 0.376 e. The minimum absolute atomic E-state index is 0.134. The highest BCUT2D eigenvalue weighted by Crippen LogP contribution is 2.32. The van der Waals surface area contributed by atoms with Crippen LogP contribution >= 0.6 is 0 Å². The van der Waals surface area contributed by atoms with E-state index in [1.165, 1.54) is 16.7 Å². The SMILES string of the molecule is COC(C)(C)C1Cc2c(cccc2C(C)C)CO1. The summed E-state index contributed by atoms with van der Waals surface area (Å²) in [6.45, 7) is 9.40. The maximum atomic E-state index is 5.97. The second-order valence-electron chi connectivity index (χ2n) is 5.95. The van der Waals surface area contributed by atoms with Gasteiger partial charge in [-0.25, -0.2) is 0 Å². The summed E-state index contributed by atoms with van der Waals surface area (Å²) in [6, 6.07) is 6.56. The van der Waals surface area contributed by atoms with Gasteiger partial charge in [0.25, 0.3) is 0 Å². The second kappa shape index (κ2) is 5.02. The molecule has 1 aromatic rings. The van der Waals surface area contributed by atoms with Crippen LogP contribution in [0, 0.1) is 0 Å². The Bertz CT molecular complexity index is 421. The summed E-state index contributed by atoms with van der Waals surface area (Å²) < 4.78 is 11.5. The van der Waals surface area contributed by atoms with Crippen molar-refractivity contribution < 1.29 is 9.47 Å². The van der Waals surface area contributed by atoms with E-state index >= 15 is 0 Å². The fourth-order valence-corrected chi connectivity index (χ4v) is 2.59. The quantitative estimate of drug-likeness (QED) is 0.812. The molecular formula is C16H24O2. The normalized spacial score (nSPS) is 20.0. The molecule has 0 radical (unpaired) electrons. The first-order chi connectivity index (χ1) is 8.45. The van der Waals surface area contributed by atoms with Crippen molar-refractivity contribution in [1.82, 2.24) is 0 Å². The van der Waals surface area contributed by atoms with E-state index in [9.17, 15) is 0 Å². The van der Waals surface area contributed by atoms with Crippen molar-refractivity contribution in [3.05, 3.63) is 34.9 Å². The Kier molecular flexibility index (Phi) is 3.79. The van der Waals surface area contributed by atoms with Gasteiger partial charge in [-0.2, -0.15) is 0 Å². The molecule has 0 spiro atoms. The Labute approximate surface area is 110 Å².